The van der Waals surface area contributed by atoms with Gasteiger partial charge >= 0.3 is 12.0 Å². The number of hydrogen-bond donors (Lipinski definition) is 2. The number of para-hydroxylation sites is 1. The largest absolute Gasteiger partial charge is 0.480 e. The van der Waals surface area contributed by atoms with Crippen LogP contribution in [0.1, 0.15) is 12.5 Å². The first-order valence-electron chi connectivity index (χ1n) is 6.95. The molecule has 0 fully saturated rings. The minimum atomic E-state index is -0.985. The number of fused-ring (bicyclic) bond motifs is 1. The number of likely N-dealkylation sites (N-methyl/N-ethyl adjacent to an activating group) is 1. The van der Waals surface area contributed by atoms with Crippen molar-refractivity contribution in [3.63, 3.8) is 0 Å². The highest BCUT2D eigenvalue weighted by Crippen LogP contribution is 2.32. The van der Waals surface area contributed by atoms with Crippen molar-refractivity contribution in [1.82, 2.24) is 10.2 Å². The van der Waals surface area contributed by atoms with E-state index in [9.17, 15) is 14.7 Å². The van der Waals surface area contributed by atoms with Crippen LogP contribution >= 0.6 is 0 Å². The standard InChI is InChI=1S/C15H21N3O3/c1-10(9-17(2)3)16-15(21)18-12-7-5-4-6-11(12)8-13(18)14(19)20/h4-7,10,13H,8-9H2,1-3H3,(H,16,21)(H,19,20). The van der Waals surface area contributed by atoms with Crippen LogP contribution in [0.25, 0.3) is 0 Å². The number of amides is 2. The smallest absolute Gasteiger partial charge is 0.327 e. The third-order valence-corrected chi connectivity index (χ3v) is 3.49. The van der Waals surface area contributed by atoms with Gasteiger partial charge in [0, 0.05) is 24.7 Å². The number of nitrogens with zero attached hydrogens (tertiary/aromatic N) is 2. The van der Waals surface area contributed by atoms with Crippen LogP contribution in [0.5, 0.6) is 0 Å². The molecule has 2 N–H and O–H groups in total. The van der Waals surface area contributed by atoms with Gasteiger partial charge in [-0.1, -0.05) is 18.2 Å². The molecule has 2 rings (SSSR count). The van der Waals surface area contributed by atoms with E-state index >= 15 is 0 Å². The molecule has 2 atom stereocenters. The van der Waals surface area contributed by atoms with E-state index in [1.165, 1.54) is 4.90 Å². The number of nitrogens with one attached hydrogen (secondary N) is 1. The van der Waals surface area contributed by atoms with Gasteiger partial charge in [0.15, 0.2) is 0 Å². The summed E-state index contributed by atoms with van der Waals surface area (Å²) in [7, 11) is 3.85. The Hall–Kier alpha value is -2.08. The Kier molecular flexibility index (Phi) is 4.47. The molecule has 0 aliphatic carbocycles. The van der Waals surface area contributed by atoms with Crippen molar-refractivity contribution in [2.75, 3.05) is 25.5 Å². The van der Waals surface area contributed by atoms with Gasteiger partial charge < -0.3 is 15.3 Å². The summed E-state index contributed by atoms with van der Waals surface area (Å²) in [4.78, 5) is 27.2. The molecule has 6 heteroatoms. The van der Waals surface area contributed by atoms with E-state index in [0.29, 0.717) is 18.7 Å². The van der Waals surface area contributed by atoms with E-state index in [4.69, 9.17) is 0 Å². The number of benzene rings is 1. The summed E-state index contributed by atoms with van der Waals surface area (Å²) in [5.41, 5.74) is 1.57. The zero-order chi connectivity index (χ0) is 15.6. The Labute approximate surface area is 124 Å². The molecular weight excluding hydrogens is 270 g/mol. The number of urea groups is 1. The summed E-state index contributed by atoms with van der Waals surface area (Å²) in [6.45, 7) is 2.59. The molecule has 6 nitrogen and oxygen atoms in total. The molecule has 2 unspecified atom stereocenters. The van der Waals surface area contributed by atoms with Crippen LogP contribution in [-0.2, 0) is 11.2 Å². The first kappa shape index (κ1) is 15.3. The maximum Gasteiger partial charge on any atom is 0.327 e. The summed E-state index contributed by atoms with van der Waals surface area (Å²) in [6, 6.07) is 6.06. The van der Waals surface area contributed by atoms with Gasteiger partial charge in [-0.15, -0.1) is 0 Å². The number of carbonyl (C=O) groups excluding carboxylic acids is 1. The second kappa shape index (κ2) is 6.13. The van der Waals surface area contributed by atoms with Crippen molar-refractivity contribution in [3.05, 3.63) is 29.8 Å². The highest BCUT2D eigenvalue weighted by molar-refractivity contribution is 6.01. The first-order valence-corrected chi connectivity index (χ1v) is 6.95. The molecule has 0 saturated carbocycles. The van der Waals surface area contributed by atoms with Crippen LogP contribution in [0, 0.1) is 0 Å². The van der Waals surface area contributed by atoms with Crippen molar-refractivity contribution in [3.8, 4) is 0 Å². The minimum absolute atomic E-state index is 0.0605. The number of anilines is 1. The van der Waals surface area contributed by atoms with Crippen LogP contribution in [0.2, 0.25) is 0 Å². The van der Waals surface area contributed by atoms with Gasteiger partial charge in [-0.3, -0.25) is 4.90 Å². The van der Waals surface area contributed by atoms with Crippen molar-refractivity contribution in [2.24, 2.45) is 0 Å². The first-order chi connectivity index (χ1) is 9.90. The Balaban J connectivity index is 2.18. The van der Waals surface area contributed by atoms with Crippen LogP contribution in [0.3, 0.4) is 0 Å². The fourth-order valence-corrected chi connectivity index (χ4v) is 2.71. The number of rotatable bonds is 4. The van der Waals surface area contributed by atoms with E-state index in [1.54, 1.807) is 6.07 Å². The maximum absolute atomic E-state index is 12.4. The lowest BCUT2D eigenvalue weighted by molar-refractivity contribution is -0.138. The predicted molar refractivity (Wildman–Crippen MR) is 80.6 cm³/mol. The Morgan fingerprint density at radius 3 is 2.71 bits per heavy atom. The second-order valence-electron chi connectivity index (χ2n) is 5.67. The minimum Gasteiger partial charge on any atom is -0.480 e. The summed E-state index contributed by atoms with van der Waals surface area (Å²) in [5, 5.41) is 12.2. The molecule has 0 bridgehead atoms. The summed E-state index contributed by atoms with van der Waals surface area (Å²) in [5.74, 6) is -0.985. The topological polar surface area (TPSA) is 72.9 Å². The SMILES string of the molecule is CC(CN(C)C)NC(=O)N1c2ccccc2CC1C(=O)O. The molecule has 0 radical (unpaired) electrons. The Bertz CT molecular complexity index is 545. The number of carboxylic acid groups (broad SMARTS) is 1. The van der Waals surface area contributed by atoms with Gasteiger partial charge in [-0.2, -0.15) is 0 Å². The zero-order valence-corrected chi connectivity index (χ0v) is 12.5. The molecule has 1 heterocycles. The maximum atomic E-state index is 12.4. The fraction of sp³-hybridized carbons (Fsp3) is 0.467. The number of aliphatic carboxylic acids is 1. The van der Waals surface area contributed by atoms with E-state index in [1.807, 2.05) is 44.1 Å². The van der Waals surface area contributed by atoms with E-state index in [0.717, 1.165) is 5.56 Å². The molecule has 2 amide bonds. The summed E-state index contributed by atoms with van der Waals surface area (Å²) in [6.07, 6.45) is 0.348. The molecule has 0 aromatic heterocycles. The van der Waals surface area contributed by atoms with Crippen molar-refractivity contribution in [2.45, 2.75) is 25.4 Å². The lowest BCUT2D eigenvalue weighted by Gasteiger charge is -2.26. The van der Waals surface area contributed by atoms with Gasteiger partial charge in [-0.25, -0.2) is 9.59 Å². The predicted octanol–water partition coefficient (Wildman–Crippen LogP) is 1.16. The van der Waals surface area contributed by atoms with Crippen molar-refractivity contribution in [1.29, 1.82) is 0 Å². The molecule has 1 aromatic carbocycles. The third kappa shape index (κ3) is 3.33. The number of hydrogen-bond acceptors (Lipinski definition) is 3. The number of carboxylic acids is 1. The number of carbonyl (C=O) groups is 2. The highest BCUT2D eigenvalue weighted by atomic mass is 16.4. The van der Waals surface area contributed by atoms with Crippen molar-refractivity contribution < 1.29 is 14.7 Å². The van der Waals surface area contributed by atoms with Crippen molar-refractivity contribution >= 4 is 17.7 Å². The second-order valence-corrected chi connectivity index (χ2v) is 5.67. The molecular formula is C15H21N3O3. The van der Waals surface area contributed by atoms with E-state index in [2.05, 4.69) is 5.32 Å². The molecule has 1 aromatic rings. The Morgan fingerprint density at radius 1 is 1.43 bits per heavy atom. The molecule has 1 aliphatic rings. The summed E-state index contributed by atoms with van der Waals surface area (Å²) < 4.78 is 0. The monoisotopic (exact) mass is 291 g/mol. The van der Waals surface area contributed by atoms with Gasteiger partial charge in [0.25, 0.3) is 0 Å². The average Bonchev–Trinajstić information content (AvgIpc) is 2.76. The van der Waals surface area contributed by atoms with Gasteiger partial charge in [-0.05, 0) is 32.6 Å². The van der Waals surface area contributed by atoms with Crippen LogP contribution in [0.15, 0.2) is 24.3 Å². The van der Waals surface area contributed by atoms with E-state index < -0.39 is 12.0 Å². The molecule has 0 saturated heterocycles. The normalized spacial score (nSPS) is 18.5. The van der Waals surface area contributed by atoms with Crippen LogP contribution < -0.4 is 10.2 Å². The molecule has 0 spiro atoms. The fourth-order valence-electron chi connectivity index (χ4n) is 2.71. The Morgan fingerprint density at radius 2 is 2.10 bits per heavy atom. The van der Waals surface area contributed by atoms with Gasteiger partial charge in [0.05, 0.1) is 0 Å². The third-order valence-electron chi connectivity index (χ3n) is 3.49. The molecule has 114 valence electrons. The highest BCUT2D eigenvalue weighted by Gasteiger charge is 2.38. The van der Waals surface area contributed by atoms with Crippen LogP contribution in [0.4, 0.5) is 10.5 Å². The lowest BCUT2D eigenvalue weighted by Crippen LogP contribution is -2.51. The van der Waals surface area contributed by atoms with Crippen LogP contribution in [-0.4, -0.2) is 54.7 Å². The van der Waals surface area contributed by atoms with Gasteiger partial charge in [0.2, 0.25) is 0 Å². The molecule has 1 aliphatic heterocycles. The lowest BCUT2D eigenvalue weighted by atomic mass is 10.1. The average molecular weight is 291 g/mol. The molecule has 21 heavy (non-hydrogen) atoms. The quantitative estimate of drug-likeness (QED) is 0.873. The summed E-state index contributed by atoms with van der Waals surface area (Å²) >= 11 is 0. The van der Waals surface area contributed by atoms with E-state index in [-0.39, 0.29) is 12.1 Å². The van der Waals surface area contributed by atoms with Gasteiger partial charge in [0.1, 0.15) is 6.04 Å². The zero-order valence-electron chi connectivity index (χ0n) is 12.5.